The molecule has 146 valence electrons. The van der Waals surface area contributed by atoms with E-state index in [1.165, 1.54) is 12.4 Å². The maximum absolute atomic E-state index is 13.1. The number of likely N-dealkylation sites (tertiary alicyclic amines) is 1. The minimum absolute atomic E-state index is 0.0776. The van der Waals surface area contributed by atoms with Crippen LogP contribution >= 0.6 is 0 Å². The van der Waals surface area contributed by atoms with Crippen molar-refractivity contribution in [2.75, 3.05) is 32.7 Å². The quantitative estimate of drug-likeness (QED) is 0.804. The molecule has 0 radical (unpaired) electrons. The van der Waals surface area contributed by atoms with Gasteiger partial charge in [0, 0.05) is 51.7 Å². The molecule has 28 heavy (non-hydrogen) atoms. The lowest BCUT2D eigenvalue weighted by atomic mass is 10.0. The van der Waals surface area contributed by atoms with Crippen molar-refractivity contribution in [1.29, 1.82) is 0 Å². The summed E-state index contributed by atoms with van der Waals surface area (Å²) in [6.45, 7) is 4.12. The van der Waals surface area contributed by atoms with Crippen molar-refractivity contribution in [2.24, 2.45) is 0 Å². The maximum atomic E-state index is 13.1. The van der Waals surface area contributed by atoms with E-state index in [0.717, 1.165) is 24.9 Å². The lowest BCUT2D eigenvalue weighted by Crippen LogP contribution is -2.58. The Kier molecular flexibility index (Phi) is 5.62. The van der Waals surface area contributed by atoms with Crippen LogP contribution in [0.4, 0.5) is 0 Å². The van der Waals surface area contributed by atoms with Gasteiger partial charge >= 0.3 is 0 Å². The Hall–Kier alpha value is -2.80. The molecule has 2 fully saturated rings. The van der Waals surface area contributed by atoms with E-state index in [0.29, 0.717) is 38.4 Å². The van der Waals surface area contributed by atoms with Gasteiger partial charge in [-0.15, -0.1) is 0 Å². The molecule has 2 aliphatic heterocycles. The van der Waals surface area contributed by atoms with Crippen LogP contribution < -0.4 is 0 Å². The van der Waals surface area contributed by atoms with Gasteiger partial charge in [0.2, 0.25) is 5.91 Å². The Balaban J connectivity index is 1.35. The van der Waals surface area contributed by atoms with Crippen LogP contribution in [0.15, 0.2) is 48.9 Å². The number of hydrogen-bond donors (Lipinski definition) is 0. The number of rotatable bonds is 4. The summed E-state index contributed by atoms with van der Waals surface area (Å²) in [6.07, 6.45) is 6.50. The van der Waals surface area contributed by atoms with Gasteiger partial charge in [0.05, 0.1) is 12.2 Å². The highest BCUT2D eigenvalue weighted by atomic mass is 16.2. The van der Waals surface area contributed by atoms with Gasteiger partial charge in [-0.05, 0) is 18.4 Å². The highest BCUT2D eigenvalue weighted by Crippen LogP contribution is 2.21. The van der Waals surface area contributed by atoms with Gasteiger partial charge in [-0.25, -0.2) is 4.98 Å². The van der Waals surface area contributed by atoms with Gasteiger partial charge in [-0.3, -0.25) is 19.5 Å². The number of carbonyl (C=O) groups excluding carboxylic acids is 2. The van der Waals surface area contributed by atoms with Crippen LogP contribution in [0.2, 0.25) is 0 Å². The first kappa shape index (κ1) is 18.6. The number of hydrogen-bond acceptors (Lipinski definition) is 5. The monoisotopic (exact) mass is 379 g/mol. The molecule has 7 nitrogen and oxygen atoms in total. The third-order valence-electron chi connectivity index (χ3n) is 5.54. The van der Waals surface area contributed by atoms with E-state index < -0.39 is 0 Å². The standard InChI is InChI=1S/C21H25N5O2/c27-20(18-15-22-8-9-23-18)25-13-11-24(12-14-25)19-7-4-10-26(21(19)28)16-17-5-2-1-3-6-17/h1-3,5-6,8-9,15,19H,4,7,10-14,16H2/t19-/m1/s1. The van der Waals surface area contributed by atoms with Crippen LogP contribution in [0.5, 0.6) is 0 Å². The zero-order chi connectivity index (χ0) is 19.3. The van der Waals surface area contributed by atoms with Crippen LogP contribution in [0.25, 0.3) is 0 Å². The summed E-state index contributed by atoms with van der Waals surface area (Å²) in [5.74, 6) is 0.122. The second-order valence-electron chi connectivity index (χ2n) is 7.32. The Bertz CT molecular complexity index is 806. The van der Waals surface area contributed by atoms with Crippen molar-refractivity contribution >= 4 is 11.8 Å². The largest absolute Gasteiger partial charge is 0.337 e. The summed E-state index contributed by atoms with van der Waals surface area (Å²) in [5, 5.41) is 0. The summed E-state index contributed by atoms with van der Waals surface area (Å²) in [6, 6.07) is 10.1. The SMILES string of the molecule is O=C(c1cnccn1)N1CCN([C@@H]2CCCN(Cc3ccccc3)C2=O)CC1. The summed E-state index contributed by atoms with van der Waals surface area (Å²) >= 11 is 0. The molecule has 2 aliphatic rings. The Morgan fingerprint density at radius 3 is 2.54 bits per heavy atom. The van der Waals surface area contributed by atoms with Crippen LogP contribution in [0.1, 0.15) is 28.9 Å². The van der Waals surface area contributed by atoms with Crippen LogP contribution in [-0.4, -0.2) is 75.2 Å². The molecule has 1 aromatic carbocycles. The maximum Gasteiger partial charge on any atom is 0.274 e. The topological polar surface area (TPSA) is 69.6 Å². The zero-order valence-corrected chi connectivity index (χ0v) is 15.9. The van der Waals surface area contributed by atoms with Crippen LogP contribution in [-0.2, 0) is 11.3 Å². The zero-order valence-electron chi connectivity index (χ0n) is 15.9. The summed E-state index contributed by atoms with van der Waals surface area (Å²) in [4.78, 5) is 39.7. The molecule has 0 N–H and O–H groups in total. The van der Waals surface area contributed by atoms with E-state index in [1.807, 2.05) is 23.1 Å². The number of nitrogens with zero attached hydrogens (tertiary/aromatic N) is 5. The van der Waals surface area contributed by atoms with E-state index in [4.69, 9.17) is 0 Å². The minimum atomic E-state index is -0.0894. The average Bonchev–Trinajstić information content (AvgIpc) is 2.76. The average molecular weight is 379 g/mol. The lowest BCUT2D eigenvalue weighted by Gasteiger charge is -2.42. The lowest BCUT2D eigenvalue weighted by molar-refractivity contribution is -0.141. The molecule has 3 heterocycles. The molecule has 1 aromatic heterocycles. The Morgan fingerprint density at radius 2 is 1.82 bits per heavy atom. The first-order valence-corrected chi connectivity index (χ1v) is 9.84. The molecule has 0 aliphatic carbocycles. The molecule has 0 spiro atoms. The summed E-state index contributed by atoms with van der Waals surface area (Å²) < 4.78 is 0. The van der Waals surface area contributed by atoms with E-state index in [9.17, 15) is 9.59 Å². The van der Waals surface area contributed by atoms with E-state index >= 15 is 0 Å². The molecule has 4 rings (SSSR count). The fourth-order valence-corrected chi connectivity index (χ4v) is 4.03. The van der Waals surface area contributed by atoms with Crippen molar-refractivity contribution in [3.8, 4) is 0 Å². The molecule has 0 saturated carbocycles. The molecule has 7 heteroatoms. The number of carbonyl (C=O) groups is 2. The molecular formula is C21H25N5O2. The third-order valence-corrected chi connectivity index (χ3v) is 5.54. The number of amides is 2. The second-order valence-corrected chi connectivity index (χ2v) is 7.32. The van der Waals surface area contributed by atoms with Crippen molar-refractivity contribution in [2.45, 2.75) is 25.4 Å². The van der Waals surface area contributed by atoms with Crippen molar-refractivity contribution in [3.05, 3.63) is 60.2 Å². The predicted molar refractivity (Wildman–Crippen MR) is 104 cm³/mol. The molecule has 1 atom stereocenters. The summed E-state index contributed by atoms with van der Waals surface area (Å²) in [5.41, 5.74) is 1.54. The van der Waals surface area contributed by atoms with Gasteiger partial charge in [0.25, 0.3) is 5.91 Å². The highest BCUT2D eigenvalue weighted by Gasteiger charge is 2.35. The highest BCUT2D eigenvalue weighted by molar-refractivity contribution is 5.92. The van der Waals surface area contributed by atoms with Gasteiger partial charge in [0.15, 0.2) is 0 Å². The molecule has 2 saturated heterocycles. The second kappa shape index (κ2) is 8.48. The van der Waals surface area contributed by atoms with Gasteiger partial charge in [0.1, 0.15) is 5.69 Å². The van der Waals surface area contributed by atoms with E-state index in [1.54, 1.807) is 11.1 Å². The molecule has 2 aromatic rings. The van der Waals surface area contributed by atoms with Crippen LogP contribution in [0, 0.1) is 0 Å². The van der Waals surface area contributed by atoms with Crippen molar-refractivity contribution in [3.63, 3.8) is 0 Å². The van der Waals surface area contributed by atoms with Crippen molar-refractivity contribution < 1.29 is 9.59 Å². The van der Waals surface area contributed by atoms with Gasteiger partial charge in [-0.1, -0.05) is 30.3 Å². The Morgan fingerprint density at radius 1 is 1.04 bits per heavy atom. The first-order chi connectivity index (χ1) is 13.7. The van der Waals surface area contributed by atoms with Gasteiger partial charge in [-0.2, -0.15) is 0 Å². The number of benzene rings is 1. The molecule has 2 amide bonds. The van der Waals surface area contributed by atoms with E-state index in [-0.39, 0.29) is 17.9 Å². The fourth-order valence-electron chi connectivity index (χ4n) is 4.03. The number of piperidine rings is 1. The summed E-state index contributed by atoms with van der Waals surface area (Å²) in [7, 11) is 0. The van der Waals surface area contributed by atoms with Gasteiger partial charge < -0.3 is 9.80 Å². The Labute approximate surface area is 165 Å². The smallest absolute Gasteiger partial charge is 0.274 e. The van der Waals surface area contributed by atoms with Crippen molar-refractivity contribution in [1.82, 2.24) is 24.7 Å². The predicted octanol–water partition coefficient (Wildman–Crippen LogP) is 1.43. The normalized spacial score (nSPS) is 21.0. The van der Waals surface area contributed by atoms with Crippen LogP contribution in [0.3, 0.4) is 0 Å². The van der Waals surface area contributed by atoms with E-state index in [2.05, 4.69) is 27.0 Å². The fraction of sp³-hybridized carbons (Fsp3) is 0.429. The number of piperazine rings is 1. The third kappa shape index (κ3) is 4.04. The minimum Gasteiger partial charge on any atom is -0.337 e. The molecule has 0 unspecified atom stereocenters. The first-order valence-electron chi connectivity index (χ1n) is 9.84. The molecule has 0 bridgehead atoms. The molecular weight excluding hydrogens is 354 g/mol. The number of aromatic nitrogens is 2.